The molecule has 0 aliphatic rings. The van der Waals surface area contributed by atoms with E-state index in [9.17, 15) is 9.59 Å². The number of rotatable bonds is 3. The van der Waals surface area contributed by atoms with Crippen molar-refractivity contribution in [3.8, 4) is 0 Å². The summed E-state index contributed by atoms with van der Waals surface area (Å²) in [7, 11) is 0. The highest BCUT2D eigenvalue weighted by Gasteiger charge is 2.03. The van der Waals surface area contributed by atoms with Crippen LogP contribution in [0.5, 0.6) is 0 Å². The molecule has 4 nitrogen and oxygen atoms in total. The Balaban J connectivity index is 3.60. The molecule has 2 N–H and O–H groups in total. The molecule has 0 spiro atoms. The molecule has 1 amide bonds. The van der Waals surface area contributed by atoms with E-state index in [4.69, 9.17) is 5.11 Å². The number of carbonyl (C=O) groups is 2. The smallest absolute Gasteiger partial charge is 0.322 e. The summed E-state index contributed by atoms with van der Waals surface area (Å²) in [5.41, 5.74) is 0. The van der Waals surface area contributed by atoms with Crippen LogP contribution >= 0.6 is 12.2 Å². The van der Waals surface area contributed by atoms with Crippen molar-refractivity contribution in [2.45, 2.75) is 6.92 Å². The average Bonchev–Trinajstić information content (AvgIpc) is 1.82. The summed E-state index contributed by atoms with van der Waals surface area (Å²) in [6.45, 7) is 1.05. The fraction of sp³-hybridized carbons (Fsp3) is 0.400. The number of aliphatic carboxylic acids is 1. The van der Waals surface area contributed by atoms with E-state index in [0.29, 0.717) is 0 Å². The molecule has 0 saturated carbocycles. The van der Waals surface area contributed by atoms with Gasteiger partial charge in [-0.1, -0.05) is 12.2 Å². The number of thiocarbonyl (C=S) groups is 1. The first-order valence-corrected chi connectivity index (χ1v) is 2.95. The maximum Gasteiger partial charge on any atom is 0.322 e. The standard InChI is InChI=1S/C5H7NO3S/c1-3(10)5(9)6-2-4(7)8/h2H2,1H3,(H,6,9)(H,7,8). The SMILES string of the molecule is CC(=S)C(=O)NCC(=O)O. The molecule has 0 unspecified atom stereocenters. The van der Waals surface area contributed by atoms with E-state index < -0.39 is 11.9 Å². The monoisotopic (exact) mass is 161 g/mol. The van der Waals surface area contributed by atoms with Crippen molar-refractivity contribution in [3.05, 3.63) is 0 Å². The summed E-state index contributed by atoms with van der Waals surface area (Å²) in [5.74, 6) is -1.58. The lowest BCUT2D eigenvalue weighted by molar-refractivity contribution is -0.137. The van der Waals surface area contributed by atoms with Gasteiger partial charge in [0.15, 0.2) is 0 Å². The number of carbonyl (C=O) groups excluding carboxylic acids is 1. The maximum absolute atomic E-state index is 10.5. The normalized spacial score (nSPS) is 8.50. The maximum atomic E-state index is 10.5. The molecule has 0 aliphatic carbocycles. The van der Waals surface area contributed by atoms with E-state index in [1.54, 1.807) is 0 Å². The lowest BCUT2D eigenvalue weighted by Gasteiger charge is -1.97. The summed E-state index contributed by atoms with van der Waals surface area (Å²) in [4.78, 5) is 20.5. The highest BCUT2D eigenvalue weighted by Crippen LogP contribution is 1.73. The molecule has 0 saturated heterocycles. The molecule has 0 aromatic rings. The fourth-order valence-corrected chi connectivity index (χ4v) is 0.353. The van der Waals surface area contributed by atoms with Crippen LogP contribution < -0.4 is 5.32 Å². The number of hydrogen-bond donors (Lipinski definition) is 2. The van der Waals surface area contributed by atoms with Gasteiger partial charge in [0.1, 0.15) is 6.54 Å². The molecule has 0 bridgehead atoms. The van der Waals surface area contributed by atoms with E-state index in [1.165, 1.54) is 6.92 Å². The quantitative estimate of drug-likeness (QED) is 0.551. The first-order valence-electron chi connectivity index (χ1n) is 2.54. The van der Waals surface area contributed by atoms with Gasteiger partial charge in [-0.3, -0.25) is 9.59 Å². The number of carboxylic acid groups (broad SMARTS) is 1. The van der Waals surface area contributed by atoms with Gasteiger partial charge in [-0.15, -0.1) is 0 Å². The first-order chi connectivity index (χ1) is 4.54. The molecule has 0 rings (SSSR count). The van der Waals surface area contributed by atoms with Gasteiger partial charge < -0.3 is 10.4 Å². The summed E-state index contributed by atoms with van der Waals surface area (Å²) >= 11 is 4.47. The number of nitrogens with one attached hydrogen (secondary N) is 1. The van der Waals surface area contributed by atoms with Gasteiger partial charge in [-0.05, 0) is 6.92 Å². The van der Waals surface area contributed by atoms with E-state index >= 15 is 0 Å². The number of carboxylic acids is 1. The number of amides is 1. The zero-order valence-corrected chi connectivity index (χ0v) is 6.20. The minimum Gasteiger partial charge on any atom is -0.480 e. The lowest BCUT2D eigenvalue weighted by atomic mass is 10.4. The van der Waals surface area contributed by atoms with Crippen LogP contribution in [0.4, 0.5) is 0 Å². The zero-order valence-electron chi connectivity index (χ0n) is 5.38. The van der Waals surface area contributed by atoms with Gasteiger partial charge in [0.25, 0.3) is 5.91 Å². The Morgan fingerprint density at radius 1 is 1.60 bits per heavy atom. The van der Waals surface area contributed by atoms with Crippen LogP contribution in [0.25, 0.3) is 0 Å². The Morgan fingerprint density at radius 3 is 2.40 bits per heavy atom. The molecule has 56 valence electrons. The van der Waals surface area contributed by atoms with Crippen LogP contribution in [0.1, 0.15) is 6.92 Å². The van der Waals surface area contributed by atoms with Crippen molar-refractivity contribution in [1.29, 1.82) is 0 Å². The second-order valence-corrected chi connectivity index (χ2v) is 2.24. The highest BCUT2D eigenvalue weighted by atomic mass is 32.1. The Bertz CT molecular complexity index is 178. The largest absolute Gasteiger partial charge is 0.480 e. The highest BCUT2D eigenvalue weighted by molar-refractivity contribution is 7.82. The van der Waals surface area contributed by atoms with Crippen LogP contribution in [-0.2, 0) is 9.59 Å². The van der Waals surface area contributed by atoms with Gasteiger partial charge in [0, 0.05) is 0 Å². The molecule has 0 heterocycles. The van der Waals surface area contributed by atoms with E-state index in [1.807, 2.05) is 0 Å². The van der Waals surface area contributed by atoms with Crippen molar-refractivity contribution in [2.75, 3.05) is 6.54 Å². The second-order valence-electron chi connectivity index (χ2n) is 1.63. The Hall–Kier alpha value is -0.970. The summed E-state index contributed by atoms with van der Waals surface area (Å²) < 4.78 is 0. The average molecular weight is 161 g/mol. The molecular weight excluding hydrogens is 154 g/mol. The van der Waals surface area contributed by atoms with Crippen molar-refractivity contribution >= 4 is 29.0 Å². The molecule has 0 aliphatic heterocycles. The second kappa shape index (κ2) is 3.94. The van der Waals surface area contributed by atoms with Gasteiger partial charge >= 0.3 is 5.97 Å². The molecule has 0 atom stereocenters. The summed E-state index contributed by atoms with van der Waals surface area (Å²) in [6, 6.07) is 0. The van der Waals surface area contributed by atoms with Gasteiger partial charge in [0.05, 0.1) is 4.86 Å². The third-order valence-corrected chi connectivity index (χ3v) is 0.905. The summed E-state index contributed by atoms with van der Waals surface area (Å²) in [6.07, 6.45) is 0. The predicted molar refractivity (Wildman–Crippen MR) is 38.9 cm³/mol. The molecule has 0 fully saturated rings. The third-order valence-electron chi connectivity index (χ3n) is 0.720. The zero-order chi connectivity index (χ0) is 8.15. The minimum absolute atomic E-state index is 0.140. The van der Waals surface area contributed by atoms with Crippen LogP contribution in [0.3, 0.4) is 0 Å². The van der Waals surface area contributed by atoms with Crippen LogP contribution in [-0.4, -0.2) is 28.4 Å². The van der Waals surface area contributed by atoms with E-state index in [2.05, 4.69) is 17.5 Å². The Kier molecular flexibility index (Phi) is 3.56. The molecule has 0 radical (unpaired) electrons. The van der Waals surface area contributed by atoms with Crippen molar-refractivity contribution < 1.29 is 14.7 Å². The van der Waals surface area contributed by atoms with Crippen LogP contribution in [0.2, 0.25) is 0 Å². The first kappa shape index (κ1) is 9.03. The van der Waals surface area contributed by atoms with E-state index in [0.717, 1.165) is 0 Å². The number of hydrogen-bond acceptors (Lipinski definition) is 3. The van der Waals surface area contributed by atoms with Crippen LogP contribution in [0.15, 0.2) is 0 Å². The topological polar surface area (TPSA) is 66.4 Å². The van der Waals surface area contributed by atoms with Gasteiger partial charge in [-0.2, -0.15) is 0 Å². The molecule has 10 heavy (non-hydrogen) atoms. The van der Waals surface area contributed by atoms with E-state index in [-0.39, 0.29) is 11.4 Å². The van der Waals surface area contributed by atoms with Gasteiger partial charge in [-0.25, -0.2) is 0 Å². The molecule has 5 heteroatoms. The summed E-state index contributed by atoms with van der Waals surface area (Å²) in [5, 5.41) is 10.2. The predicted octanol–water partition coefficient (Wildman–Crippen LogP) is -0.423. The lowest BCUT2D eigenvalue weighted by Crippen LogP contribution is -2.32. The Labute approximate surface area is 63.2 Å². The fourth-order valence-electron chi connectivity index (χ4n) is 0.280. The van der Waals surface area contributed by atoms with Gasteiger partial charge in [0.2, 0.25) is 0 Å². The Morgan fingerprint density at radius 2 is 2.10 bits per heavy atom. The van der Waals surface area contributed by atoms with Crippen LogP contribution in [0, 0.1) is 0 Å². The molecule has 0 aromatic heterocycles. The van der Waals surface area contributed by atoms with Crippen molar-refractivity contribution in [3.63, 3.8) is 0 Å². The minimum atomic E-state index is -1.08. The van der Waals surface area contributed by atoms with Crippen molar-refractivity contribution in [2.24, 2.45) is 0 Å². The third kappa shape index (κ3) is 3.96. The molecular formula is C5H7NO3S. The van der Waals surface area contributed by atoms with Crippen molar-refractivity contribution in [1.82, 2.24) is 5.32 Å². The molecule has 0 aromatic carbocycles.